The first kappa shape index (κ1) is 34.2. The number of thiophene rings is 1. The topological polar surface area (TPSA) is 139 Å². The molecule has 1 aliphatic heterocycles. The van der Waals surface area contributed by atoms with Crippen molar-refractivity contribution in [3.63, 3.8) is 0 Å². The van der Waals surface area contributed by atoms with Crippen LogP contribution in [0, 0.1) is 23.0 Å². The van der Waals surface area contributed by atoms with E-state index in [1.165, 1.54) is 17.8 Å². The van der Waals surface area contributed by atoms with Crippen LogP contribution in [0.25, 0.3) is 32.1 Å². The predicted molar refractivity (Wildman–Crippen MR) is 191 cm³/mol. The number of pyridine rings is 1. The van der Waals surface area contributed by atoms with Gasteiger partial charge >= 0.3 is 6.09 Å². The van der Waals surface area contributed by atoms with E-state index in [4.69, 9.17) is 31.8 Å². The van der Waals surface area contributed by atoms with E-state index in [2.05, 4.69) is 21.9 Å². The fraction of sp³-hybridized carbons (Fsp3) is 0.265. The number of nitriles is 1. The minimum atomic E-state index is -0.831. The summed E-state index contributed by atoms with van der Waals surface area (Å²) in [5.41, 5.74) is 6.04. The van der Waals surface area contributed by atoms with Crippen molar-refractivity contribution in [3.05, 3.63) is 70.9 Å². The predicted octanol–water partition coefficient (Wildman–Crippen LogP) is 8.88. The molecule has 1 atom stereocenters. The molecule has 3 N–H and O–H groups in total. The molecule has 49 heavy (non-hydrogen) atoms. The number of anilines is 3. The van der Waals surface area contributed by atoms with Crippen molar-refractivity contribution in [2.75, 3.05) is 35.4 Å². The maximum Gasteiger partial charge on any atom is 0.412 e. The van der Waals surface area contributed by atoms with E-state index in [0.29, 0.717) is 24.6 Å². The van der Waals surface area contributed by atoms with Crippen molar-refractivity contribution in [2.45, 2.75) is 44.0 Å². The summed E-state index contributed by atoms with van der Waals surface area (Å²) in [6.45, 7) is 9.44. The number of hydrogen-bond acceptors (Lipinski definition) is 11. The molecule has 0 unspecified atom stereocenters. The van der Waals surface area contributed by atoms with Crippen LogP contribution < -0.4 is 20.7 Å². The number of rotatable bonds is 7. The average molecular weight is 722 g/mol. The second-order valence-electron chi connectivity index (χ2n) is 12.0. The van der Waals surface area contributed by atoms with E-state index < -0.39 is 23.3 Å². The zero-order valence-electron chi connectivity index (χ0n) is 26.9. The van der Waals surface area contributed by atoms with Gasteiger partial charge < -0.3 is 20.1 Å². The molecule has 6 rings (SSSR count). The van der Waals surface area contributed by atoms with E-state index >= 15 is 8.78 Å². The van der Waals surface area contributed by atoms with E-state index in [0.717, 1.165) is 23.0 Å². The molecule has 0 aliphatic carbocycles. The molecule has 0 saturated carbocycles. The largest absolute Gasteiger partial charge is 0.489 e. The maximum absolute atomic E-state index is 17.1. The Morgan fingerprint density at radius 2 is 2.10 bits per heavy atom. The molecule has 0 saturated heterocycles. The number of carbonyl (C=O) groups is 1. The van der Waals surface area contributed by atoms with Gasteiger partial charge in [0.05, 0.1) is 33.3 Å². The summed E-state index contributed by atoms with van der Waals surface area (Å²) in [5.74, 6) is -0.644. The number of thioether (sulfide) groups is 1. The van der Waals surface area contributed by atoms with Crippen LogP contribution in [0.5, 0.6) is 5.75 Å². The SMILES string of the molecule is C=CC[C@H](c1cccnc1N)N1CCOc2c(Cl)c(-c3ccc(F)c4sc(NC(=O)OC(C)(C)C)c(C#N)c34)c(F)c3nc(SC)nc1c23. The summed E-state index contributed by atoms with van der Waals surface area (Å²) >= 11 is 9.11. The first-order valence-electron chi connectivity index (χ1n) is 15.0. The first-order valence-corrected chi connectivity index (χ1v) is 17.4. The second kappa shape index (κ2) is 13.3. The van der Waals surface area contributed by atoms with Crippen LogP contribution in [0.2, 0.25) is 5.02 Å². The quantitative estimate of drug-likeness (QED) is 0.0952. The van der Waals surface area contributed by atoms with Gasteiger partial charge in [0, 0.05) is 22.7 Å². The number of carbonyl (C=O) groups excluding carboxylic acids is 1. The standard InChI is InChI=1S/C34H30ClF2N7O3S2/c1-6-8-20(16-9-7-12-40-29(16)39)44-13-14-46-27-23-26(41-32(48-5)42-30(23)44)25(37)22(24(27)35)17-10-11-19(36)28-21(17)18(15-38)31(49-28)43-33(45)47-34(2,3)4/h6-7,9-12,20H,1,8,13-14H2,2-5H3,(H2,39,40)(H,43,45)/t20-/m1/s1. The molecule has 0 radical (unpaired) electrons. The van der Waals surface area contributed by atoms with Gasteiger partial charge in [0.15, 0.2) is 16.7 Å². The molecule has 5 aromatic rings. The Morgan fingerprint density at radius 1 is 1.33 bits per heavy atom. The van der Waals surface area contributed by atoms with Crippen molar-refractivity contribution in [3.8, 4) is 22.9 Å². The van der Waals surface area contributed by atoms with Crippen LogP contribution in [0.3, 0.4) is 0 Å². The van der Waals surface area contributed by atoms with Gasteiger partial charge in [-0.15, -0.1) is 17.9 Å². The number of fused-ring (bicyclic) bond motifs is 1. The highest BCUT2D eigenvalue weighted by atomic mass is 35.5. The Bertz CT molecular complexity index is 2200. The summed E-state index contributed by atoms with van der Waals surface area (Å²) in [4.78, 5) is 28.2. The number of benzene rings is 2. The van der Waals surface area contributed by atoms with Crippen molar-refractivity contribution in [2.24, 2.45) is 0 Å². The fourth-order valence-corrected chi connectivity index (χ4v) is 7.59. The Hall–Kier alpha value is -4.71. The summed E-state index contributed by atoms with van der Waals surface area (Å²) in [7, 11) is 0. The summed E-state index contributed by atoms with van der Waals surface area (Å²) in [6, 6.07) is 7.82. The van der Waals surface area contributed by atoms with Gasteiger partial charge in [-0.2, -0.15) is 5.26 Å². The van der Waals surface area contributed by atoms with Crippen molar-refractivity contribution in [1.82, 2.24) is 15.0 Å². The molecule has 0 bridgehead atoms. The lowest BCUT2D eigenvalue weighted by Crippen LogP contribution is -2.33. The van der Waals surface area contributed by atoms with Crippen LogP contribution in [0.15, 0.2) is 48.3 Å². The molecule has 0 spiro atoms. The molecule has 3 aromatic heterocycles. The zero-order chi connectivity index (χ0) is 35.2. The van der Waals surface area contributed by atoms with Crippen LogP contribution >= 0.6 is 34.7 Å². The van der Waals surface area contributed by atoms with E-state index in [9.17, 15) is 10.1 Å². The van der Waals surface area contributed by atoms with Gasteiger partial charge in [0.2, 0.25) is 0 Å². The monoisotopic (exact) mass is 721 g/mol. The molecule has 15 heteroatoms. The number of hydrogen-bond donors (Lipinski definition) is 2. The summed E-state index contributed by atoms with van der Waals surface area (Å²) in [5, 5.41) is 13.3. The normalized spacial score (nSPS) is 13.5. The van der Waals surface area contributed by atoms with Crippen LogP contribution in [-0.2, 0) is 4.74 Å². The molecule has 2 aromatic carbocycles. The third kappa shape index (κ3) is 6.18. The number of aromatic nitrogens is 3. The number of nitrogens with zero attached hydrogens (tertiary/aromatic N) is 5. The molecule has 1 amide bonds. The molecule has 252 valence electrons. The van der Waals surface area contributed by atoms with E-state index in [1.807, 2.05) is 17.0 Å². The highest BCUT2D eigenvalue weighted by Crippen LogP contribution is 2.51. The van der Waals surface area contributed by atoms with Crippen LogP contribution in [0.4, 0.5) is 30.2 Å². The third-order valence-electron chi connectivity index (χ3n) is 7.76. The lowest BCUT2D eigenvalue weighted by Gasteiger charge is -2.32. The van der Waals surface area contributed by atoms with E-state index in [-0.39, 0.29) is 71.3 Å². The van der Waals surface area contributed by atoms with Gasteiger partial charge in [0.1, 0.15) is 46.2 Å². The molecule has 4 heterocycles. The number of halogens is 3. The zero-order valence-corrected chi connectivity index (χ0v) is 29.2. The molecule has 1 aliphatic rings. The molecular formula is C34H30ClF2N7O3S2. The number of amides is 1. The minimum Gasteiger partial charge on any atom is -0.489 e. The van der Waals surface area contributed by atoms with Crippen LogP contribution in [0.1, 0.15) is 44.4 Å². The van der Waals surface area contributed by atoms with Gasteiger partial charge in [-0.3, -0.25) is 5.32 Å². The third-order valence-corrected chi connectivity index (χ3v) is 9.78. The molecular weight excluding hydrogens is 692 g/mol. The minimum absolute atomic E-state index is 0.0168. The Morgan fingerprint density at radius 3 is 2.78 bits per heavy atom. The number of nitrogens with two attached hydrogens (primary N) is 1. The van der Waals surface area contributed by atoms with Crippen molar-refractivity contribution >= 4 is 78.4 Å². The number of ether oxygens (including phenoxy) is 2. The van der Waals surface area contributed by atoms with Crippen molar-refractivity contribution < 1.29 is 23.0 Å². The number of nitrogen functional groups attached to an aromatic ring is 1. The average Bonchev–Trinajstić information content (AvgIpc) is 3.31. The second-order valence-corrected chi connectivity index (χ2v) is 14.2. The Labute approximate surface area is 293 Å². The highest BCUT2D eigenvalue weighted by molar-refractivity contribution is 7.98. The van der Waals surface area contributed by atoms with Crippen molar-refractivity contribution in [1.29, 1.82) is 5.26 Å². The van der Waals surface area contributed by atoms with Gasteiger partial charge in [-0.25, -0.2) is 28.5 Å². The Balaban J connectivity index is 1.61. The highest BCUT2D eigenvalue weighted by Gasteiger charge is 2.34. The Kier molecular flexibility index (Phi) is 9.27. The lowest BCUT2D eigenvalue weighted by molar-refractivity contribution is 0.0636. The van der Waals surface area contributed by atoms with E-state index in [1.54, 1.807) is 45.4 Å². The summed E-state index contributed by atoms with van der Waals surface area (Å²) < 4.78 is 44.1. The maximum atomic E-state index is 17.1. The molecule has 10 nitrogen and oxygen atoms in total. The lowest BCUT2D eigenvalue weighted by atomic mass is 9.96. The molecule has 0 fully saturated rings. The van der Waals surface area contributed by atoms with Crippen LogP contribution in [-0.4, -0.2) is 46.1 Å². The first-order chi connectivity index (χ1) is 23.4. The van der Waals surface area contributed by atoms with Gasteiger partial charge in [-0.05, 0) is 51.1 Å². The van der Waals surface area contributed by atoms with Gasteiger partial charge in [0.25, 0.3) is 0 Å². The summed E-state index contributed by atoms with van der Waals surface area (Å²) in [6.07, 6.45) is 4.76. The number of nitrogens with one attached hydrogen (secondary N) is 1. The van der Waals surface area contributed by atoms with Gasteiger partial charge in [-0.1, -0.05) is 41.6 Å². The fourth-order valence-electron chi connectivity index (χ4n) is 5.82. The smallest absolute Gasteiger partial charge is 0.412 e.